The Labute approximate surface area is 180 Å². The molecule has 30 heavy (non-hydrogen) atoms. The highest BCUT2D eigenvalue weighted by Gasteiger charge is 2.50. The Kier molecular flexibility index (Phi) is 6.32. The first-order chi connectivity index (χ1) is 13.8. The minimum Gasteiger partial charge on any atom is -0.481 e. The van der Waals surface area contributed by atoms with Crippen LogP contribution in [0.25, 0.3) is 0 Å². The van der Waals surface area contributed by atoms with Crippen molar-refractivity contribution < 1.29 is 25.2 Å². The van der Waals surface area contributed by atoms with Gasteiger partial charge in [0, 0.05) is 5.92 Å². The van der Waals surface area contributed by atoms with Gasteiger partial charge in [-0.2, -0.15) is 0 Å². The second-order valence-corrected chi connectivity index (χ2v) is 11.1. The molecule has 0 aromatic rings. The van der Waals surface area contributed by atoms with E-state index >= 15 is 0 Å². The Bertz CT molecular complexity index is 734. The van der Waals surface area contributed by atoms with Crippen molar-refractivity contribution in [3.63, 3.8) is 0 Å². The molecule has 3 aliphatic carbocycles. The quantitative estimate of drug-likeness (QED) is 0.505. The second kappa shape index (κ2) is 8.07. The fraction of sp³-hybridized carbons (Fsp3) is 0.800. The molecule has 3 rings (SSSR count). The van der Waals surface area contributed by atoms with Gasteiger partial charge in [0.05, 0.1) is 23.2 Å². The summed E-state index contributed by atoms with van der Waals surface area (Å²) in [5.74, 6) is -0.870. The molecular formula is C25H40O5. The molecule has 2 fully saturated rings. The van der Waals surface area contributed by atoms with E-state index in [1.807, 2.05) is 13.0 Å². The van der Waals surface area contributed by atoms with Crippen molar-refractivity contribution in [2.45, 2.75) is 96.9 Å². The van der Waals surface area contributed by atoms with E-state index in [1.165, 1.54) is 5.57 Å². The van der Waals surface area contributed by atoms with Crippen molar-refractivity contribution in [2.24, 2.45) is 29.1 Å². The first-order valence-electron chi connectivity index (χ1n) is 11.5. The number of carbonyl (C=O) groups is 1. The first kappa shape index (κ1) is 23.5. The Balaban J connectivity index is 2.03. The fourth-order valence-electron chi connectivity index (χ4n) is 6.40. The molecule has 8 atom stereocenters. The highest BCUT2D eigenvalue weighted by molar-refractivity contribution is 5.70. The highest BCUT2D eigenvalue weighted by Crippen LogP contribution is 2.55. The van der Waals surface area contributed by atoms with Crippen LogP contribution in [0.4, 0.5) is 0 Å². The normalized spacial score (nSPS) is 49.5. The Morgan fingerprint density at radius 3 is 2.43 bits per heavy atom. The highest BCUT2D eigenvalue weighted by atomic mass is 16.4. The van der Waals surface area contributed by atoms with E-state index in [0.717, 1.165) is 31.3 Å². The lowest BCUT2D eigenvalue weighted by molar-refractivity contribution is -0.144. The van der Waals surface area contributed by atoms with Gasteiger partial charge in [-0.15, -0.1) is 0 Å². The van der Waals surface area contributed by atoms with Crippen LogP contribution < -0.4 is 0 Å². The van der Waals surface area contributed by atoms with E-state index in [-0.39, 0.29) is 23.2 Å². The number of hydrogen-bond donors (Lipinski definition) is 4. The predicted octanol–water partition coefficient (Wildman–Crippen LogP) is 4.07. The lowest BCUT2D eigenvalue weighted by Crippen LogP contribution is -2.44. The molecule has 4 N–H and O–H groups in total. The summed E-state index contributed by atoms with van der Waals surface area (Å²) in [6, 6.07) is 0. The van der Waals surface area contributed by atoms with Gasteiger partial charge in [-0.05, 0) is 88.5 Å². The Morgan fingerprint density at radius 2 is 1.80 bits per heavy atom. The van der Waals surface area contributed by atoms with Gasteiger partial charge in [0.2, 0.25) is 0 Å². The number of carboxylic acids is 1. The third-order valence-electron chi connectivity index (χ3n) is 8.77. The van der Waals surface area contributed by atoms with E-state index in [1.54, 1.807) is 13.8 Å². The Morgan fingerprint density at radius 1 is 1.13 bits per heavy atom. The lowest BCUT2D eigenvalue weighted by atomic mass is 9.67. The largest absolute Gasteiger partial charge is 0.481 e. The van der Waals surface area contributed by atoms with Crippen molar-refractivity contribution in [1.29, 1.82) is 0 Å². The summed E-state index contributed by atoms with van der Waals surface area (Å²) in [4.78, 5) is 11.8. The van der Waals surface area contributed by atoms with Crippen LogP contribution in [0.3, 0.4) is 0 Å². The molecule has 0 aromatic heterocycles. The number of rotatable bonds is 2. The van der Waals surface area contributed by atoms with Crippen LogP contribution >= 0.6 is 0 Å². The Hall–Kier alpha value is -1.17. The van der Waals surface area contributed by atoms with E-state index < -0.39 is 29.2 Å². The van der Waals surface area contributed by atoms with Crippen LogP contribution in [0.15, 0.2) is 23.3 Å². The summed E-state index contributed by atoms with van der Waals surface area (Å²) in [6.45, 7) is 9.57. The SMILES string of the molecule is C/C1=C/C[C@@H]2[C@H]([C@H](C)C(=O)O)CC[C@@]2(C)C[C@@H](O)[C@](C)(O)C/C=C2\[C@H]1CC[C@@]2(C)O. The summed E-state index contributed by atoms with van der Waals surface area (Å²) in [5.41, 5.74) is -0.254. The molecule has 3 aliphatic rings. The van der Waals surface area contributed by atoms with Crippen molar-refractivity contribution in [2.75, 3.05) is 0 Å². The third-order valence-corrected chi connectivity index (χ3v) is 8.77. The minimum absolute atomic E-state index is 0.0540. The van der Waals surface area contributed by atoms with Crippen LogP contribution in [0.1, 0.15) is 79.6 Å². The van der Waals surface area contributed by atoms with E-state index in [2.05, 4.69) is 19.9 Å². The summed E-state index contributed by atoms with van der Waals surface area (Å²) in [5, 5.41) is 42.7. The smallest absolute Gasteiger partial charge is 0.306 e. The van der Waals surface area contributed by atoms with Crippen molar-refractivity contribution in [3.8, 4) is 0 Å². The van der Waals surface area contributed by atoms with Gasteiger partial charge in [-0.25, -0.2) is 0 Å². The zero-order chi connectivity index (χ0) is 22.5. The topological polar surface area (TPSA) is 98.0 Å². The van der Waals surface area contributed by atoms with Gasteiger partial charge in [0.1, 0.15) is 0 Å². The minimum atomic E-state index is -1.29. The van der Waals surface area contributed by atoms with Crippen LogP contribution in [-0.2, 0) is 4.79 Å². The maximum atomic E-state index is 11.8. The summed E-state index contributed by atoms with van der Waals surface area (Å²) >= 11 is 0. The van der Waals surface area contributed by atoms with Crippen molar-refractivity contribution in [3.05, 3.63) is 23.3 Å². The third kappa shape index (κ3) is 4.26. The molecular weight excluding hydrogens is 380 g/mol. The zero-order valence-corrected chi connectivity index (χ0v) is 19.2. The summed E-state index contributed by atoms with van der Waals surface area (Å²) < 4.78 is 0. The summed E-state index contributed by atoms with van der Waals surface area (Å²) in [7, 11) is 0. The molecule has 5 nitrogen and oxygen atoms in total. The van der Waals surface area contributed by atoms with E-state index in [0.29, 0.717) is 19.3 Å². The molecule has 0 unspecified atom stereocenters. The van der Waals surface area contributed by atoms with Gasteiger partial charge >= 0.3 is 5.97 Å². The molecule has 0 aliphatic heterocycles. The zero-order valence-electron chi connectivity index (χ0n) is 19.2. The van der Waals surface area contributed by atoms with Crippen LogP contribution in [-0.4, -0.2) is 43.7 Å². The van der Waals surface area contributed by atoms with E-state index in [9.17, 15) is 25.2 Å². The second-order valence-electron chi connectivity index (χ2n) is 11.1. The molecule has 0 heterocycles. The van der Waals surface area contributed by atoms with E-state index in [4.69, 9.17) is 0 Å². The molecule has 0 radical (unpaired) electrons. The van der Waals surface area contributed by atoms with Crippen molar-refractivity contribution in [1.82, 2.24) is 0 Å². The average molecular weight is 421 g/mol. The summed E-state index contributed by atoms with van der Waals surface area (Å²) in [6.07, 6.45) is 8.04. The van der Waals surface area contributed by atoms with Gasteiger partial charge in [0.25, 0.3) is 0 Å². The number of hydrogen-bond acceptors (Lipinski definition) is 4. The molecule has 0 saturated heterocycles. The van der Waals surface area contributed by atoms with Crippen LogP contribution in [0.5, 0.6) is 0 Å². The fourth-order valence-corrected chi connectivity index (χ4v) is 6.40. The predicted molar refractivity (Wildman–Crippen MR) is 117 cm³/mol. The maximum Gasteiger partial charge on any atom is 0.306 e. The van der Waals surface area contributed by atoms with Crippen LogP contribution in [0.2, 0.25) is 0 Å². The number of carboxylic acid groups (broad SMARTS) is 1. The molecule has 5 heteroatoms. The number of fused-ring (bicyclic) bond motifs is 2. The first-order valence-corrected chi connectivity index (χ1v) is 11.5. The number of aliphatic carboxylic acids is 1. The molecule has 170 valence electrons. The molecule has 0 bridgehead atoms. The molecule has 0 spiro atoms. The van der Waals surface area contributed by atoms with Gasteiger partial charge in [-0.1, -0.05) is 31.6 Å². The maximum absolute atomic E-state index is 11.8. The van der Waals surface area contributed by atoms with Crippen LogP contribution in [0, 0.1) is 29.1 Å². The number of aliphatic hydroxyl groups excluding tert-OH is 1. The number of aliphatic hydroxyl groups is 3. The van der Waals surface area contributed by atoms with Gasteiger partial charge < -0.3 is 20.4 Å². The number of allylic oxidation sites excluding steroid dienone is 2. The lowest BCUT2D eigenvalue weighted by Gasteiger charge is -2.40. The van der Waals surface area contributed by atoms with Gasteiger partial charge in [-0.3, -0.25) is 4.79 Å². The monoisotopic (exact) mass is 420 g/mol. The van der Waals surface area contributed by atoms with Crippen molar-refractivity contribution >= 4 is 5.97 Å². The molecule has 2 saturated carbocycles. The van der Waals surface area contributed by atoms with Gasteiger partial charge in [0.15, 0.2) is 0 Å². The molecule has 0 amide bonds. The standard InChI is InChI=1S/C25H40O5/c1-15-6-7-19-18(16(2)22(27)28)8-11-23(19,3)14-21(26)25(5,30)13-10-20-17(15)9-12-24(20,4)29/h6,10,16-19,21,26,29-30H,7-9,11-14H2,1-5H3,(H,27,28)/b15-6-,20-10+/t16-,17-,18-,19+,21+,23-,24+,25+/m0/s1. The molecule has 0 aromatic carbocycles. The average Bonchev–Trinajstić information content (AvgIpc) is 3.12.